The topological polar surface area (TPSA) is 57.0 Å². The highest BCUT2D eigenvalue weighted by Gasteiger charge is 2.18. The van der Waals surface area contributed by atoms with Crippen LogP contribution in [-0.4, -0.2) is 27.1 Å². The Labute approximate surface area is 136 Å². The Balaban J connectivity index is 2.62. The predicted molar refractivity (Wildman–Crippen MR) is 85.2 cm³/mol. The van der Waals surface area contributed by atoms with Gasteiger partial charge in [-0.15, -0.1) is 10.2 Å². The monoisotopic (exact) mass is 343 g/mol. The van der Waals surface area contributed by atoms with E-state index in [2.05, 4.69) is 10.2 Å². The molecule has 1 aromatic heterocycles. The average molecular weight is 344 g/mol. The van der Waals surface area contributed by atoms with Crippen molar-refractivity contribution in [3.8, 4) is 17.0 Å². The smallest absolute Gasteiger partial charge is 0.280 e. The van der Waals surface area contributed by atoms with Crippen LogP contribution in [0.25, 0.3) is 11.3 Å². The van der Waals surface area contributed by atoms with Gasteiger partial charge in [0.2, 0.25) is 0 Å². The SMILES string of the molecule is CSc1nnc(-c2cc(OC(C)C)c(Cl)cc2F)c(=O)n1C. The molecule has 0 saturated heterocycles. The quantitative estimate of drug-likeness (QED) is 0.798. The maximum absolute atomic E-state index is 14.2. The van der Waals surface area contributed by atoms with E-state index in [1.807, 2.05) is 13.8 Å². The molecule has 5 nitrogen and oxygen atoms in total. The Hall–Kier alpha value is -1.60. The highest BCUT2D eigenvalue weighted by molar-refractivity contribution is 7.98. The van der Waals surface area contributed by atoms with Crippen LogP contribution in [-0.2, 0) is 7.05 Å². The van der Waals surface area contributed by atoms with E-state index in [0.717, 1.165) is 6.07 Å². The van der Waals surface area contributed by atoms with E-state index >= 15 is 0 Å². The van der Waals surface area contributed by atoms with Crippen LogP contribution in [0, 0.1) is 5.82 Å². The fourth-order valence-corrected chi connectivity index (χ4v) is 2.52. The van der Waals surface area contributed by atoms with E-state index in [1.165, 1.54) is 22.4 Å². The van der Waals surface area contributed by atoms with Gasteiger partial charge in [-0.25, -0.2) is 4.39 Å². The summed E-state index contributed by atoms with van der Waals surface area (Å²) in [5, 5.41) is 8.36. The second kappa shape index (κ2) is 6.66. The third-order valence-corrected chi connectivity index (χ3v) is 3.87. The zero-order chi connectivity index (χ0) is 16.4. The van der Waals surface area contributed by atoms with Crippen LogP contribution in [0.1, 0.15) is 13.8 Å². The molecule has 0 aliphatic heterocycles. The second-order valence-electron chi connectivity index (χ2n) is 4.83. The van der Waals surface area contributed by atoms with Gasteiger partial charge in [-0.05, 0) is 32.2 Å². The van der Waals surface area contributed by atoms with Crippen LogP contribution < -0.4 is 10.3 Å². The number of halogens is 2. The van der Waals surface area contributed by atoms with E-state index in [0.29, 0.717) is 10.9 Å². The minimum Gasteiger partial charge on any atom is -0.489 e. The molecule has 0 aliphatic carbocycles. The van der Waals surface area contributed by atoms with Crippen molar-refractivity contribution in [2.24, 2.45) is 7.05 Å². The summed E-state index contributed by atoms with van der Waals surface area (Å²) in [7, 11) is 1.56. The summed E-state index contributed by atoms with van der Waals surface area (Å²) in [5.41, 5.74) is -0.500. The second-order valence-corrected chi connectivity index (χ2v) is 6.01. The van der Waals surface area contributed by atoms with Crippen LogP contribution in [0.5, 0.6) is 5.75 Å². The standard InChI is InChI=1S/C14H15ClFN3O2S/c1-7(2)21-11-5-8(10(16)6-9(11)15)12-13(20)19(3)14(22-4)18-17-12/h5-7H,1-4H3. The lowest BCUT2D eigenvalue weighted by molar-refractivity contribution is 0.242. The van der Waals surface area contributed by atoms with Gasteiger partial charge in [0.05, 0.1) is 11.1 Å². The fraction of sp³-hybridized carbons (Fsp3) is 0.357. The van der Waals surface area contributed by atoms with E-state index < -0.39 is 11.4 Å². The third kappa shape index (κ3) is 3.25. The Morgan fingerprint density at radius 3 is 2.64 bits per heavy atom. The van der Waals surface area contributed by atoms with Gasteiger partial charge in [0.15, 0.2) is 10.9 Å². The van der Waals surface area contributed by atoms with Crippen molar-refractivity contribution in [2.45, 2.75) is 25.1 Å². The van der Waals surface area contributed by atoms with E-state index in [9.17, 15) is 9.18 Å². The molecule has 0 N–H and O–H groups in total. The maximum Gasteiger partial charge on any atom is 0.280 e. The first-order valence-electron chi connectivity index (χ1n) is 6.49. The highest BCUT2D eigenvalue weighted by atomic mass is 35.5. The number of rotatable bonds is 4. The molecule has 1 heterocycles. The van der Waals surface area contributed by atoms with Gasteiger partial charge in [0, 0.05) is 12.6 Å². The Morgan fingerprint density at radius 2 is 2.05 bits per heavy atom. The summed E-state index contributed by atoms with van der Waals surface area (Å²) >= 11 is 7.25. The lowest BCUT2D eigenvalue weighted by atomic mass is 10.1. The number of hydrogen-bond donors (Lipinski definition) is 0. The zero-order valence-corrected chi connectivity index (χ0v) is 14.1. The van der Waals surface area contributed by atoms with Crippen molar-refractivity contribution in [1.82, 2.24) is 14.8 Å². The molecular weight excluding hydrogens is 329 g/mol. The molecule has 0 spiro atoms. The first-order valence-corrected chi connectivity index (χ1v) is 8.09. The van der Waals surface area contributed by atoms with E-state index in [4.69, 9.17) is 16.3 Å². The van der Waals surface area contributed by atoms with E-state index in [-0.39, 0.29) is 22.4 Å². The largest absolute Gasteiger partial charge is 0.489 e. The molecule has 2 aromatic rings. The van der Waals surface area contributed by atoms with Crippen molar-refractivity contribution in [2.75, 3.05) is 6.26 Å². The maximum atomic E-state index is 14.2. The van der Waals surface area contributed by atoms with Crippen LogP contribution in [0.15, 0.2) is 22.1 Å². The molecule has 0 amide bonds. The minimum absolute atomic E-state index is 0.0146. The summed E-state index contributed by atoms with van der Waals surface area (Å²) in [6, 6.07) is 2.49. The molecule has 0 bridgehead atoms. The van der Waals surface area contributed by atoms with Gasteiger partial charge < -0.3 is 4.74 Å². The first-order chi connectivity index (χ1) is 10.3. The number of hydrogen-bond acceptors (Lipinski definition) is 5. The molecule has 0 saturated carbocycles. The van der Waals surface area contributed by atoms with Crippen LogP contribution in [0.2, 0.25) is 5.02 Å². The summed E-state index contributed by atoms with van der Waals surface area (Å²) < 4.78 is 21.0. The lowest BCUT2D eigenvalue weighted by Crippen LogP contribution is -2.23. The predicted octanol–water partition coefficient (Wildman–Crippen LogP) is 3.14. The first kappa shape index (κ1) is 16.8. The molecule has 0 radical (unpaired) electrons. The summed E-state index contributed by atoms with van der Waals surface area (Å²) in [5.74, 6) is -0.352. The molecule has 0 atom stereocenters. The van der Waals surface area contributed by atoms with Gasteiger partial charge in [0.1, 0.15) is 11.6 Å². The molecule has 0 aliphatic rings. The molecule has 1 aromatic carbocycles. The fourth-order valence-electron chi connectivity index (χ4n) is 1.85. The van der Waals surface area contributed by atoms with Gasteiger partial charge in [0.25, 0.3) is 5.56 Å². The van der Waals surface area contributed by atoms with Crippen molar-refractivity contribution in [3.63, 3.8) is 0 Å². The molecule has 118 valence electrons. The van der Waals surface area contributed by atoms with Crippen molar-refractivity contribution in [3.05, 3.63) is 33.3 Å². The van der Waals surface area contributed by atoms with Crippen LogP contribution in [0.4, 0.5) is 4.39 Å². The number of benzene rings is 1. The highest BCUT2D eigenvalue weighted by Crippen LogP contribution is 2.32. The molecular formula is C14H15ClFN3O2S. The third-order valence-electron chi connectivity index (χ3n) is 2.85. The number of thioether (sulfide) groups is 1. The average Bonchev–Trinajstić information content (AvgIpc) is 2.45. The number of ether oxygens (including phenoxy) is 1. The molecule has 22 heavy (non-hydrogen) atoms. The number of nitrogens with zero attached hydrogens (tertiary/aromatic N) is 3. The van der Waals surface area contributed by atoms with Crippen molar-refractivity contribution < 1.29 is 9.13 Å². The summed E-state index contributed by atoms with van der Waals surface area (Å²) in [6.07, 6.45) is 1.64. The van der Waals surface area contributed by atoms with Crippen molar-refractivity contribution in [1.29, 1.82) is 0 Å². The summed E-state index contributed by atoms with van der Waals surface area (Å²) in [6.45, 7) is 3.65. The summed E-state index contributed by atoms with van der Waals surface area (Å²) in [4.78, 5) is 12.3. The molecule has 0 fully saturated rings. The van der Waals surface area contributed by atoms with Crippen LogP contribution >= 0.6 is 23.4 Å². The molecule has 2 rings (SSSR count). The lowest BCUT2D eigenvalue weighted by Gasteiger charge is -2.13. The van der Waals surface area contributed by atoms with E-state index in [1.54, 1.807) is 13.3 Å². The zero-order valence-electron chi connectivity index (χ0n) is 12.6. The normalized spacial score (nSPS) is 11.0. The Morgan fingerprint density at radius 1 is 1.36 bits per heavy atom. The van der Waals surface area contributed by atoms with Gasteiger partial charge in [-0.1, -0.05) is 23.4 Å². The minimum atomic E-state index is -0.649. The number of aromatic nitrogens is 3. The van der Waals surface area contributed by atoms with Crippen molar-refractivity contribution >= 4 is 23.4 Å². The Kier molecular flexibility index (Phi) is 5.08. The van der Waals surface area contributed by atoms with Crippen LogP contribution in [0.3, 0.4) is 0 Å². The Bertz CT molecular complexity index is 764. The molecule has 0 unspecified atom stereocenters. The van der Waals surface area contributed by atoms with Gasteiger partial charge in [-0.3, -0.25) is 9.36 Å². The van der Waals surface area contributed by atoms with Gasteiger partial charge >= 0.3 is 0 Å². The molecule has 8 heteroatoms. The van der Waals surface area contributed by atoms with Gasteiger partial charge in [-0.2, -0.15) is 0 Å².